The quantitative estimate of drug-likeness (QED) is 0.764. The molecule has 1 N–H and O–H groups in total. The molecule has 1 aliphatic rings. The van der Waals surface area contributed by atoms with Gasteiger partial charge >= 0.3 is 6.09 Å². The highest BCUT2D eigenvalue weighted by atomic mass is 79.9. The number of ether oxygens (including phenoxy) is 1. The molecule has 2 aromatic carbocycles. The first-order valence-electron chi connectivity index (χ1n) is 8.47. The Bertz CT molecular complexity index is 719. The highest BCUT2D eigenvalue weighted by Crippen LogP contribution is 2.40. The van der Waals surface area contributed by atoms with Crippen LogP contribution in [0.25, 0.3) is 0 Å². The number of carbonyl (C=O) groups excluding carboxylic acids is 1. The summed E-state index contributed by atoms with van der Waals surface area (Å²) < 4.78 is 6.89. The van der Waals surface area contributed by atoms with E-state index in [1.807, 2.05) is 61.5 Å². The van der Waals surface area contributed by atoms with Gasteiger partial charge in [-0.05, 0) is 43.0 Å². The fraction of sp³-hybridized carbons (Fsp3) is 0.350. The van der Waals surface area contributed by atoms with Crippen LogP contribution >= 0.6 is 15.9 Å². The number of nitrogens with zero attached hydrogens (tertiary/aromatic N) is 1. The van der Waals surface area contributed by atoms with Crippen molar-refractivity contribution in [2.45, 2.75) is 31.4 Å². The standard InChI is InChI=1S/C20H22BrNO3/c1-15(16-8-10-18(21)11-9-16)22-14-20(12-5-13-23,25-19(22)24)17-6-3-2-4-7-17/h2-4,6-11,15,23H,5,12-14H2,1H3/t15-,20?/m0/s1. The Labute approximate surface area is 156 Å². The second kappa shape index (κ2) is 7.58. The minimum Gasteiger partial charge on any atom is -0.436 e. The maximum Gasteiger partial charge on any atom is 0.411 e. The van der Waals surface area contributed by atoms with Gasteiger partial charge in [-0.3, -0.25) is 4.90 Å². The third kappa shape index (κ3) is 3.72. The molecule has 1 fully saturated rings. The van der Waals surface area contributed by atoms with Gasteiger partial charge in [-0.1, -0.05) is 58.4 Å². The van der Waals surface area contributed by atoms with E-state index < -0.39 is 5.60 Å². The van der Waals surface area contributed by atoms with Crippen LogP contribution in [0.5, 0.6) is 0 Å². The number of halogens is 1. The van der Waals surface area contributed by atoms with E-state index in [1.165, 1.54) is 0 Å². The molecule has 0 spiro atoms. The zero-order chi connectivity index (χ0) is 17.9. The molecule has 1 aliphatic heterocycles. The fourth-order valence-corrected chi connectivity index (χ4v) is 3.61. The first-order chi connectivity index (χ1) is 12.1. The Morgan fingerprint density at radius 1 is 1.20 bits per heavy atom. The normalized spacial score (nSPS) is 21.2. The molecule has 132 valence electrons. The average molecular weight is 404 g/mol. The number of hydrogen-bond acceptors (Lipinski definition) is 3. The highest BCUT2D eigenvalue weighted by Gasteiger charge is 2.47. The maximum atomic E-state index is 12.6. The number of aliphatic hydroxyl groups excluding tert-OH is 1. The van der Waals surface area contributed by atoms with E-state index in [1.54, 1.807) is 4.90 Å². The molecular formula is C20H22BrNO3. The predicted octanol–water partition coefficient (Wildman–Crippen LogP) is 4.63. The van der Waals surface area contributed by atoms with Crippen molar-refractivity contribution < 1.29 is 14.6 Å². The molecule has 0 radical (unpaired) electrons. The van der Waals surface area contributed by atoms with Gasteiger partial charge in [0.1, 0.15) is 0 Å². The van der Waals surface area contributed by atoms with Gasteiger partial charge in [0.15, 0.2) is 5.60 Å². The summed E-state index contributed by atoms with van der Waals surface area (Å²) in [4.78, 5) is 14.4. The monoisotopic (exact) mass is 403 g/mol. The smallest absolute Gasteiger partial charge is 0.411 e. The minimum absolute atomic E-state index is 0.0778. The van der Waals surface area contributed by atoms with Gasteiger partial charge in [0, 0.05) is 11.1 Å². The number of benzene rings is 2. The van der Waals surface area contributed by atoms with E-state index in [9.17, 15) is 9.90 Å². The van der Waals surface area contributed by atoms with Gasteiger partial charge in [-0.15, -0.1) is 0 Å². The van der Waals surface area contributed by atoms with Crippen LogP contribution in [0.3, 0.4) is 0 Å². The Kier molecular flexibility index (Phi) is 5.45. The fourth-order valence-electron chi connectivity index (χ4n) is 3.35. The molecular weight excluding hydrogens is 382 g/mol. The topological polar surface area (TPSA) is 49.8 Å². The molecule has 4 nitrogen and oxygen atoms in total. The third-order valence-corrected chi connectivity index (χ3v) is 5.33. The van der Waals surface area contributed by atoms with Crippen molar-refractivity contribution in [1.29, 1.82) is 0 Å². The summed E-state index contributed by atoms with van der Waals surface area (Å²) in [7, 11) is 0. The van der Waals surface area contributed by atoms with Crippen LogP contribution in [-0.4, -0.2) is 29.3 Å². The van der Waals surface area contributed by atoms with Gasteiger partial charge in [0.25, 0.3) is 0 Å². The molecule has 25 heavy (non-hydrogen) atoms. The maximum absolute atomic E-state index is 12.6. The van der Waals surface area contributed by atoms with Crippen molar-refractivity contribution in [3.63, 3.8) is 0 Å². The summed E-state index contributed by atoms with van der Waals surface area (Å²) in [5.74, 6) is 0. The van der Waals surface area contributed by atoms with E-state index >= 15 is 0 Å². The average Bonchev–Trinajstić information content (AvgIpc) is 2.98. The highest BCUT2D eigenvalue weighted by molar-refractivity contribution is 9.10. The van der Waals surface area contributed by atoms with Crippen LogP contribution in [0.15, 0.2) is 59.1 Å². The SMILES string of the molecule is C[C@@H](c1ccc(Br)cc1)N1CC(CCCO)(c2ccccc2)OC1=O. The van der Waals surface area contributed by atoms with Gasteiger partial charge in [-0.2, -0.15) is 0 Å². The Morgan fingerprint density at radius 3 is 2.52 bits per heavy atom. The number of hydrogen-bond donors (Lipinski definition) is 1. The zero-order valence-corrected chi connectivity index (χ0v) is 15.8. The molecule has 1 saturated heterocycles. The lowest BCUT2D eigenvalue weighted by Gasteiger charge is -2.28. The number of amides is 1. The summed E-state index contributed by atoms with van der Waals surface area (Å²) in [6.07, 6.45) is 0.878. The van der Waals surface area contributed by atoms with E-state index in [4.69, 9.17) is 4.74 Å². The summed E-state index contributed by atoms with van der Waals surface area (Å²) in [6, 6.07) is 17.7. The van der Waals surface area contributed by atoms with Crippen LogP contribution in [0.1, 0.15) is 36.9 Å². The lowest BCUT2D eigenvalue weighted by atomic mass is 9.88. The molecule has 1 heterocycles. The number of rotatable bonds is 6. The molecule has 0 aromatic heterocycles. The largest absolute Gasteiger partial charge is 0.436 e. The third-order valence-electron chi connectivity index (χ3n) is 4.80. The lowest BCUT2D eigenvalue weighted by Crippen LogP contribution is -2.33. The van der Waals surface area contributed by atoms with Crippen molar-refractivity contribution in [3.8, 4) is 0 Å². The Balaban J connectivity index is 1.88. The molecule has 0 saturated carbocycles. The van der Waals surface area contributed by atoms with E-state index in [0.717, 1.165) is 15.6 Å². The van der Waals surface area contributed by atoms with Crippen LogP contribution in [-0.2, 0) is 10.3 Å². The Morgan fingerprint density at radius 2 is 1.88 bits per heavy atom. The van der Waals surface area contributed by atoms with Gasteiger partial charge in [0.2, 0.25) is 0 Å². The lowest BCUT2D eigenvalue weighted by molar-refractivity contribution is 0.0409. The Hall–Kier alpha value is -1.85. The number of aliphatic hydroxyl groups is 1. The van der Waals surface area contributed by atoms with Crippen molar-refractivity contribution >= 4 is 22.0 Å². The first-order valence-corrected chi connectivity index (χ1v) is 9.26. The van der Waals surface area contributed by atoms with Crippen LogP contribution in [0, 0.1) is 0 Å². The van der Waals surface area contributed by atoms with Crippen molar-refractivity contribution in [1.82, 2.24) is 4.90 Å². The second-order valence-corrected chi connectivity index (χ2v) is 7.33. The van der Waals surface area contributed by atoms with Crippen molar-refractivity contribution in [2.24, 2.45) is 0 Å². The molecule has 3 rings (SSSR count). The minimum atomic E-state index is -0.704. The molecule has 1 amide bonds. The van der Waals surface area contributed by atoms with E-state index in [2.05, 4.69) is 15.9 Å². The number of carbonyl (C=O) groups is 1. The molecule has 0 aliphatic carbocycles. The predicted molar refractivity (Wildman–Crippen MR) is 100 cm³/mol. The van der Waals surface area contributed by atoms with Gasteiger partial charge in [0.05, 0.1) is 12.6 Å². The summed E-state index contributed by atoms with van der Waals surface area (Å²) in [5.41, 5.74) is 1.33. The summed E-state index contributed by atoms with van der Waals surface area (Å²) >= 11 is 3.44. The van der Waals surface area contributed by atoms with Crippen molar-refractivity contribution in [2.75, 3.05) is 13.2 Å². The van der Waals surface area contributed by atoms with E-state index in [0.29, 0.717) is 19.4 Å². The molecule has 2 atom stereocenters. The summed E-state index contributed by atoms with van der Waals surface area (Å²) in [5, 5.41) is 9.27. The van der Waals surface area contributed by atoms with E-state index in [-0.39, 0.29) is 18.7 Å². The number of cyclic esters (lactones) is 1. The molecule has 0 bridgehead atoms. The van der Waals surface area contributed by atoms with Gasteiger partial charge in [-0.25, -0.2) is 4.79 Å². The molecule has 1 unspecified atom stereocenters. The van der Waals surface area contributed by atoms with Crippen LogP contribution in [0.2, 0.25) is 0 Å². The van der Waals surface area contributed by atoms with Crippen LogP contribution in [0.4, 0.5) is 4.79 Å². The van der Waals surface area contributed by atoms with Crippen molar-refractivity contribution in [3.05, 3.63) is 70.2 Å². The van der Waals surface area contributed by atoms with Crippen LogP contribution < -0.4 is 0 Å². The zero-order valence-electron chi connectivity index (χ0n) is 14.2. The molecule has 5 heteroatoms. The first kappa shape index (κ1) is 18.0. The summed E-state index contributed by atoms with van der Waals surface area (Å²) in [6.45, 7) is 2.57. The molecule has 2 aromatic rings. The second-order valence-electron chi connectivity index (χ2n) is 6.41. The van der Waals surface area contributed by atoms with Gasteiger partial charge < -0.3 is 9.84 Å².